The van der Waals surface area contributed by atoms with E-state index in [1.165, 1.54) is 12.0 Å². The van der Waals surface area contributed by atoms with Gasteiger partial charge in [-0.1, -0.05) is 41.9 Å². The molecule has 1 heterocycles. The second-order valence-corrected chi connectivity index (χ2v) is 6.69. The number of rotatable bonds is 4. The Balaban J connectivity index is 2.00. The van der Waals surface area contributed by atoms with E-state index in [4.69, 9.17) is 16.3 Å². The van der Waals surface area contributed by atoms with Crippen molar-refractivity contribution >= 4 is 40.8 Å². The summed E-state index contributed by atoms with van der Waals surface area (Å²) in [5.41, 5.74) is 1.55. The molecule has 0 bridgehead atoms. The lowest BCUT2D eigenvalue weighted by atomic mass is 9.88. The van der Waals surface area contributed by atoms with E-state index in [1.54, 1.807) is 55.5 Å². The lowest BCUT2D eigenvalue weighted by Gasteiger charge is -2.33. The first-order chi connectivity index (χ1) is 13.4. The number of nitrogens with zero attached hydrogens (tertiary/aromatic N) is 1. The largest absolute Gasteiger partial charge is 0.466 e. The summed E-state index contributed by atoms with van der Waals surface area (Å²) in [7, 11) is 1.24. The van der Waals surface area contributed by atoms with Crippen molar-refractivity contribution in [1.29, 1.82) is 0 Å². The van der Waals surface area contributed by atoms with Crippen LogP contribution in [-0.2, 0) is 19.1 Å². The number of hydrogen-bond donors (Lipinski definition) is 1. The average molecular weight is 399 g/mol. The van der Waals surface area contributed by atoms with E-state index in [0.29, 0.717) is 22.1 Å². The van der Waals surface area contributed by atoms with Gasteiger partial charge in [0, 0.05) is 17.8 Å². The molecule has 144 valence electrons. The molecule has 0 spiro atoms. The van der Waals surface area contributed by atoms with Crippen LogP contribution in [0.4, 0.5) is 11.4 Å². The normalized spacial score (nSPS) is 16.8. The first-order valence-electron chi connectivity index (χ1n) is 8.66. The van der Waals surface area contributed by atoms with Crippen LogP contribution >= 0.6 is 11.6 Å². The van der Waals surface area contributed by atoms with Gasteiger partial charge in [-0.25, -0.2) is 4.79 Å². The van der Waals surface area contributed by atoms with Crippen LogP contribution in [0.1, 0.15) is 13.3 Å². The van der Waals surface area contributed by atoms with Gasteiger partial charge < -0.3 is 10.1 Å². The van der Waals surface area contributed by atoms with Gasteiger partial charge in [0.1, 0.15) is 0 Å². The molecule has 0 unspecified atom stereocenters. The Kier molecular flexibility index (Phi) is 5.80. The van der Waals surface area contributed by atoms with Gasteiger partial charge in [0.25, 0.3) is 0 Å². The standard InChI is InChI=1S/C21H19ClN2O4/c1-13-19(21(27)28-2)15(20(26)23-17-11-7-6-10-16(17)22)12-18(25)24(13)14-8-4-3-5-9-14/h3-11,15H,12H2,1-2H3,(H,23,26)/t15-/m0/s1. The van der Waals surface area contributed by atoms with Gasteiger partial charge in [-0.2, -0.15) is 0 Å². The lowest BCUT2D eigenvalue weighted by Crippen LogP contribution is -2.43. The van der Waals surface area contributed by atoms with Crippen LogP contribution in [0.5, 0.6) is 0 Å². The summed E-state index contributed by atoms with van der Waals surface area (Å²) < 4.78 is 4.89. The van der Waals surface area contributed by atoms with Crippen molar-refractivity contribution in [2.75, 3.05) is 17.3 Å². The average Bonchev–Trinajstić information content (AvgIpc) is 2.69. The summed E-state index contributed by atoms with van der Waals surface area (Å²) in [4.78, 5) is 39.6. The highest BCUT2D eigenvalue weighted by Crippen LogP contribution is 2.34. The Hall–Kier alpha value is -3.12. The number of hydrogen-bond acceptors (Lipinski definition) is 4. The van der Waals surface area contributed by atoms with Gasteiger partial charge in [0.05, 0.1) is 29.3 Å². The Morgan fingerprint density at radius 3 is 2.39 bits per heavy atom. The Labute approximate surface area is 167 Å². The van der Waals surface area contributed by atoms with E-state index >= 15 is 0 Å². The minimum absolute atomic E-state index is 0.149. The molecule has 6 nitrogen and oxygen atoms in total. The zero-order chi connectivity index (χ0) is 20.3. The number of halogens is 1. The number of carbonyl (C=O) groups is 3. The summed E-state index contributed by atoms with van der Waals surface area (Å²) in [5, 5.41) is 3.07. The number of anilines is 2. The summed E-state index contributed by atoms with van der Waals surface area (Å²) in [6.45, 7) is 1.63. The van der Waals surface area contributed by atoms with Crippen molar-refractivity contribution in [2.45, 2.75) is 13.3 Å². The fraction of sp³-hybridized carbons (Fsp3) is 0.190. The molecule has 7 heteroatoms. The molecule has 0 aromatic heterocycles. The van der Waals surface area contributed by atoms with Crippen molar-refractivity contribution in [3.05, 3.63) is 70.9 Å². The number of esters is 1. The number of para-hydroxylation sites is 2. The molecule has 1 aliphatic heterocycles. The van der Waals surface area contributed by atoms with E-state index in [0.717, 1.165) is 0 Å². The van der Waals surface area contributed by atoms with Crippen molar-refractivity contribution in [2.24, 2.45) is 5.92 Å². The van der Waals surface area contributed by atoms with E-state index in [2.05, 4.69) is 5.32 Å². The Morgan fingerprint density at radius 2 is 1.75 bits per heavy atom. The number of allylic oxidation sites excluding steroid dienone is 1. The topological polar surface area (TPSA) is 75.7 Å². The molecule has 0 saturated heterocycles. The number of amides is 2. The minimum Gasteiger partial charge on any atom is -0.466 e. The van der Waals surface area contributed by atoms with Gasteiger partial charge in [-0.05, 0) is 31.2 Å². The molecular formula is C21H19ClN2O4. The van der Waals surface area contributed by atoms with Crippen molar-refractivity contribution in [3.8, 4) is 0 Å². The second kappa shape index (κ2) is 8.27. The molecule has 0 aliphatic carbocycles. The van der Waals surface area contributed by atoms with Crippen LogP contribution < -0.4 is 10.2 Å². The van der Waals surface area contributed by atoms with Gasteiger partial charge in [0.15, 0.2) is 0 Å². The lowest BCUT2D eigenvalue weighted by molar-refractivity contribution is -0.138. The molecule has 0 radical (unpaired) electrons. The first-order valence-corrected chi connectivity index (χ1v) is 9.04. The summed E-state index contributed by atoms with van der Waals surface area (Å²) >= 11 is 6.10. The third kappa shape index (κ3) is 3.77. The SMILES string of the molecule is COC(=O)C1=C(C)N(c2ccccc2)C(=O)C[C@@H]1C(=O)Nc1ccccc1Cl. The highest BCUT2D eigenvalue weighted by atomic mass is 35.5. The van der Waals surface area contributed by atoms with Crippen molar-refractivity contribution in [1.82, 2.24) is 0 Å². The van der Waals surface area contributed by atoms with Crippen molar-refractivity contribution < 1.29 is 19.1 Å². The van der Waals surface area contributed by atoms with Crippen LogP contribution in [0, 0.1) is 5.92 Å². The molecule has 2 amide bonds. The third-order valence-electron chi connectivity index (χ3n) is 4.57. The number of carbonyl (C=O) groups excluding carboxylic acids is 3. The fourth-order valence-corrected chi connectivity index (χ4v) is 3.43. The molecule has 0 fully saturated rings. The van der Waals surface area contributed by atoms with E-state index < -0.39 is 17.8 Å². The second-order valence-electron chi connectivity index (χ2n) is 6.28. The van der Waals surface area contributed by atoms with Gasteiger partial charge in [-0.15, -0.1) is 0 Å². The molecule has 1 aliphatic rings. The van der Waals surface area contributed by atoms with Crippen LogP contribution in [0.25, 0.3) is 0 Å². The van der Waals surface area contributed by atoms with Crippen LogP contribution in [0.2, 0.25) is 5.02 Å². The minimum atomic E-state index is -0.976. The number of nitrogens with one attached hydrogen (secondary N) is 1. The van der Waals surface area contributed by atoms with Gasteiger partial charge >= 0.3 is 5.97 Å². The smallest absolute Gasteiger partial charge is 0.336 e. The fourth-order valence-electron chi connectivity index (χ4n) is 3.25. The molecule has 1 N–H and O–H groups in total. The quantitative estimate of drug-likeness (QED) is 0.795. The maximum absolute atomic E-state index is 12.9. The third-order valence-corrected chi connectivity index (χ3v) is 4.90. The molecule has 2 aromatic rings. The van der Waals surface area contributed by atoms with Crippen LogP contribution in [0.3, 0.4) is 0 Å². The Morgan fingerprint density at radius 1 is 1.11 bits per heavy atom. The van der Waals surface area contributed by atoms with E-state index in [1.807, 2.05) is 6.07 Å². The molecule has 1 atom stereocenters. The number of benzene rings is 2. The molecular weight excluding hydrogens is 380 g/mol. The van der Waals surface area contributed by atoms with E-state index in [9.17, 15) is 14.4 Å². The van der Waals surface area contributed by atoms with Crippen LogP contribution in [-0.4, -0.2) is 24.9 Å². The van der Waals surface area contributed by atoms with Gasteiger partial charge in [-0.3, -0.25) is 14.5 Å². The predicted octanol–water partition coefficient (Wildman–Crippen LogP) is 3.78. The Bertz CT molecular complexity index is 956. The number of methoxy groups -OCH3 is 1. The maximum Gasteiger partial charge on any atom is 0.336 e. The highest BCUT2D eigenvalue weighted by molar-refractivity contribution is 6.33. The van der Waals surface area contributed by atoms with Gasteiger partial charge in [0.2, 0.25) is 11.8 Å². The highest BCUT2D eigenvalue weighted by Gasteiger charge is 2.40. The predicted molar refractivity (Wildman–Crippen MR) is 107 cm³/mol. The van der Waals surface area contributed by atoms with E-state index in [-0.39, 0.29) is 17.9 Å². The molecule has 3 rings (SSSR count). The monoisotopic (exact) mass is 398 g/mol. The summed E-state index contributed by atoms with van der Waals surface area (Å²) in [6.07, 6.45) is -0.160. The number of ether oxygens (including phenoxy) is 1. The zero-order valence-corrected chi connectivity index (χ0v) is 16.2. The maximum atomic E-state index is 12.9. The van der Waals surface area contributed by atoms with Crippen LogP contribution in [0.15, 0.2) is 65.9 Å². The first kappa shape index (κ1) is 19.6. The summed E-state index contributed by atoms with van der Waals surface area (Å²) in [6, 6.07) is 15.7. The summed E-state index contributed by atoms with van der Waals surface area (Å²) in [5.74, 6) is -2.40. The zero-order valence-electron chi connectivity index (χ0n) is 15.4. The molecule has 0 saturated carbocycles. The molecule has 28 heavy (non-hydrogen) atoms. The molecule has 2 aromatic carbocycles. The van der Waals surface area contributed by atoms with Crippen molar-refractivity contribution in [3.63, 3.8) is 0 Å².